The van der Waals surface area contributed by atoms with E-state index in [0.29, 0.717) is 0 Å². The van der Waals surface area contributed by atoms with Crippen LogP contribution in [-0.2, 0) is 9.16 Å². The van der Waals surface area contributed by atoms with Gasteiger partial charge in [0.05, 0.1) is 19.5 Å². The van der Waals surface area contributed by atoms with Crippen LogP contribution in [-0.4, -0.2) is 21.5 Å². The Labute approximate surface area is 95.8 Å². The van der Waals surface area contributed by atoms with Gasteiger partial charge in [-0.15, -0.1) is 0 Å². The van der Waals surface area contributed by atoms with E-state index in [4.69, 9.17) is 9.16 Å². The zero-order chi connectivity index (χ0) is 11.7. The molecule has 0 aromatic carbocycles. The average Bonchev–Trinajstić information content (AvgIpc) is 2.12. The van der Waals surface area contributed by atoms with Crippen molar-refractivity contribution in [1.82, 2.24) is 0 Å². The average molecular weight is 230 g/mol. The molecule has 0 radical (unpaired) electrons. The molecule has 0 saturated heterocycles. The molecule has 0 rings (SSSR count). The lowest BCUT2D eigenvalue weighted by Gasteiger charge is -2.24. The monoisotopic (exact) mass is 230 g/mol. The second kappa shape index (κ2) is 7.94. The minimum absolute atomic E-state index is 0.239. The summed E-state index contributed by atoms with van der Waals surface area (Å²) in [5.74, 6) is 0. The fraction of sp³-hybridized carbons (Fsp3) is 0.833. The van der Waals surface area contributed by atoms with E-state index in [1.165, 1.54) is 19.3 Å². The van der Waals surface area contributed by atoms with Crippen molar-refractivity contribution in [2.24, 2.45) is 0 Å². The number of rotatable bonds is 8. The smallest absolute Gasteiger partial charge is 0.184 e. The van der Waals surface area contributed by atoms with Crippen LogP contribution in [0.4, 0.5) is 0 Å². The Hall–Kier alpha value is -0.283. The Morgan fingerprint density at radius 2 is 1.87 bits per heavy atom. The van der Waals surface area contributed by atoms with Crippen molar-refractivity contribution in [3.8, 4) is 0 Å². The third-order valence-corrected chi connectivity index (χ3v) is 3.04. The van der Waals surface area contributed by atoms with Crippen molar-refractivity contribution in [2.75, 3.05) is 7.11 Å². The predicted molar refractivity (Wildman–Crippen MR) is 68.5 cm³/mol. The van der Waals surface area contributed by atoms with Gasteiger partial charge in [0.1, 0.15) is 0 Å². The Morgan fingerprint density at radius 3 is 2.33 bits per heavy atom. The van der Waals surface area contributed by atoms with Crippen LogP contribution in [0.3, 0.4) is 0 Å². The highest BCUT2D eigenvalue weighted by Crippen LogP contribution is 2.14. The third kappa shape index (κ3) is 10.0. The van der Waals surface area contributed by atoms with Gasteiger partial charge in [0.25, 0.3) is 0 Å². The Morgan fingerprint density at radius 1 is 1.20 bits per heavy atom. The molecule has 0 aromatic rings. The molecular weight excluding hydrogens is 204 g/mol. The SMILES string of the molecule is CCCCCC(C=COC)O[Si](C)(C)C. The van der Waals surface area contributed by atoms with Crippen molar-refractivity contribution >= 4 is 8.32 Å². The number of hydrogen-bond acceptors (Lipinski definition) is 2. The van der Waals surface area contributed by atoms with E-state index in [2.05, 4.69) is 26.6 Å². The lowest BCUT2D eigenvalue weighted by molar-refractivity contribution is 0.220. The largest absolute Gasteiger partial charge is 0.505 e. The minimum Gasteiger partial charge on any atom is -0.505 e. The summed E-state index contributed by atoms with van der Waals surface area (Å²) in [6.07, 6.45) is 8.89. The summed E-state index contributed by atoms with van der Waals surface area (Å²) >= 11 is 0. The van der Waals surface area contributed by atoms with Gasteiger partial charge in [0.2, 0.25) is 0 Å². The summed E-state index contributed by atoms with van der Waals surface area (Å²) in [6.45, 7) is 8.89. The Balaban J connectivity index is 4.01. The quantitative estimate of drug-likeness (QED) is 0.357. The second-order valence-electron chi connectivity index (χ2n) is 4.83. The van der Waals surface area contributed by atoms with Crippen molar-refractivity contribution in [2.45, 2.75) is 58.4 Å². The van der Waals surface area contributed by atoms with E-state index in [1.54, 1.807) is 13.4 Å². The van der Waals surface area contributed by atoms with E-state index in [0.717, 1.165) is 6.42 Å². The molecule has 90 valence electrons. The molecule has 0 aliphatic heterocycles. The van der Waals surface area contributed by atoms with E-state index < -0.39 is 8.32 Å². The number of ether oxygens (including phenoxy) is 1. The van der Waals surface area contributed by atoms with Crippen LogP contribution in [0, 0.1) is 0 Å². The summed E-state index contributed by atoms with van der Waals surface area (Å²) in [5, 5.41) is 0. The second-order valence-corrected chi connectivity index (χ2v) is 9.29. The maximum atomic E-state index is 6.06. The molecule has 0 saturated carbocycles. The highest BCUT2D eigenvalue weighted by atomic mass is 28.4. The summed E-state index contributed by atoms with van der Waals surface area (Å²) in [5.41, 5.74) is 0. The van der Waals surface area contributed by atoms with Crippen molar-refractivity contribution in [1.29, 1.82) is 0 Å². The van der Waals surface area contributed by atoms with Gasteiger partial charge >= 0.3 is 0 Å². The van der Waals surface area contributed by atoms with Gasteiger partial charge in [-0.25, -0.2) is 0 Å². The minimum atomic E-state index is -1.44. The standard InChI is InChI=1S/C12H26O2Si/c1-6-7-8-9-12(10-11-13-2)14-15(3,4)5/h10-12H,6-9H2,1-5H3. The molecule has 0 heterocycles. The molecule has 0 amide bonds. The normalized spacial score (nSPS) is 14.5. The lowest BCUT2D eigenvalue weighted by atomic mass is 10.1. The van der Waals surface area contributed by atoms with Crippen LogP contribution in [0.1, 0.15) is 32.6 Å². The Bertz CT molecular complexity index is 173. The van der Waals surface area contributed by atoms with Gasteiger partial charge in [-0.1, -0.05) is 26.2 Å². The summed E-state index contributed by atoms with van der Waals surface area (Å²) in [4.78, 5) is 0. The van der Waals surface area contributed by atoms with Crippen LogP contribution in [0.2, 0.25) is 19.6 Å². The first-order valence-corrected chi connectivity index (χ1v) is 9.27. The molecule has 0 spiro atoms. The zero-order valence-electron chi connectivity index (χ0n) is 10.9. The third-order valence-electron chi connectivity index (χ3n) is 2.03. The zero-order valence-corrected chi connectivity index (χ0v) is 11.9. The topological polar surface area (TPSA) is 18.5 Å². The highest BCUT2D eigenvalue weighted by molar-refractivity contribution is 6.69. The van der Waals surface area contributed by atoms with Gasteiger partial charge in [0.15, 0.2) is 8.32 Å². The van der Waals surface area contributed by atoms with Crippen molar-refractivity contribution in [3.63, 3.8) is 0 Å². The fourth-order valence-corrected chi connectivity index (χ4v) is 2.51. The van der Waals surface area contributed by atoms with Gasteiger partial charge in [-0.3, -0.25) is 0 Å². The molecule has 0 fully saturated rings. The van der Waals surface area contributed by atoms with E-state index in [9.17, 15) is 0 Å². The summed E-state index contributed by atoms with van der Waals surface area (Å²) < 4.78 is 11.0. The molecular formula is C12H26O2Si. The van der Waals surface area contributed by atoms with Crippen LogP contribution >= 0.6 is 0 Å². The molecule has 0 bridgehead atoms. The molecule has 0 N–H and O–H groups in total. The van der Waals surface area contributed by atoms with Crippen LogP contribution in [0.15, 0.2) is 12.3 Å². The summed E-state index contributed by atoms with van der Waals surface area (Å²) in [6, 6.07) is 0. The predicted octanol–water partition coefficient (Wildman–Crippen LogP) is 3.95. The molecule has 0 aliphatic rings. The molecule has 3 heteroatoms. The van der Waals surface area contributed by atoms with Crippen molar-refractivity contribution < 1.29 is 9.16 Å². The molecule has 1 atom stereocenters. The number of unbranched alkanes of at least 4 members (excludes halogenated alkanes) is 2. The molecule has 15 heavy (non-hydrogen) atoms. The molecule has 0 aliphatic carbocycles. The highest BCUT2D eigenvalue weighted by Gasteiger charge is 2.19. The maximum Gasteiger partial charge on any atom is 0.184 e. The Kier molecular flexibility index (Phi) is 7.79. The molecule has 0 aromatic heterocycles. The first kappa shape index (κ1) is 14.7. The van der Waals surface area contributed by atoms with E-state index in [1.807, 2.05) is 6.08 Å². The number of hydrogen-bond donors (Lipinski definition) is 0. The van der Waals surface area contributed by atoms with Crippen LogP contribution in [0.5, 0.6) is 0 Å². The van der Waals surface area contributed by atoms with Crippen LogP contribution in [0.25, 0.3) is 0 Å². The lowest BCUT2D eigenvalue weighted by Crippen LogP contribution is -2.31. The van der Waals surface area contributed by atoms with Gasteiger partial charge in [-0.2, -0.15) is 0 Å². The maximum absolute atomic E-state index is 6.06. The van der Waals surface area contributed by atoms with E-state index in [-0.39, 0.29) is 6.10 Å². The van der Waals surface area contributed by atoms with Crippen molar-refractivity contribution in [3.05, 3.63) is 12.3 Å². The van der Waals surface area contributed by atoms with Gasteiger partial charge < -0.3 is 9.16 Å². The van der Waals surface area contributed by atoms with Gasteiger partial charge in [-0.05, 0) is 32.1 Å². The van der Waals surface area contributed by atoms with Crippen LogP contribution < -0.4 is 0 Å². The van der Waals surface area contributed by atoms with E-state index >= 15 is 0 Å². The van der Waals surface area contributed by atoms with Gasteiger partial charge in [0, 0.05) is 0 Å². The molecule has 2 nitrogen and oxygen atoms in total. The molecule has 1 unspecified atom stereocenters. The first-order chi connectivity index (χ1) is 6.99. The summed E-state index contributed by atoms with van der Waals surface area (Å²) in [7, 11) is 0.237. The number of methoxy groups -OCH3 is 1. The fourth-order valence-electron chi connectivity index (χ4n) is 1.41. The first-order valence-electron chi connectivity index (χ1n) is 5.87.